The quantitative estimate of drug-likeness (QED) is 0.283. The third-order valence-corrected chi connectivity index (χ3v) is 5.73. The van der Waals surface area contributed by atoms with Gasteiger partial charge in [-0.15, -0.1) is 0 Å². The van der Waals surface area contributed by atoms with Crippen molar-refractivity contribution in [3.8, 4) is 11.5 Å². The van der Waals surface area contributed by atoms with E-state index in [0.29, 0.717) is 22.8 Å². The van der Waals surface area contributed by atoms with E-state index in [-0.39, 0.29) is 24.1 Å². The van der Waals surface area contributed by atoms with Crippen LogP contribution < -0.4 is 15.4 Å². The fraction of sp³-hybridized carbons (Fsp3) is 0.259. The molecule has 6 nitrogen and oxygen atoms in total. The SMILES string of the molecule is CC(C)(F)CCC1=C(C(F)(F)F)CC=C(NC(=O)Nc2ccc(Oc3ccnc4[nH]ccc34)cc2)C=C1. The summed E-state index contributed by atoms with van der Waals surface area (Å²) in [6.07, 6.45) is 2.28. The van der Waals surface area contributed by atoms with Crippen LogP contribution in [0.15, 0.2) is 83.9 Å². The third kappa shape index (κ3) is 6.99. The van der Waals surface area contributed by atoms with E-state index in [1.807, 2.05) is 6.07 Å². The maximum Gasteiger partial charge on any atom is 0.413 e. The van der Waals surface area contributed by atoms with Crippen molar-refractivity contribution in [2.45, 2.75) is 45.0 Å². The standard InChI is InChI=1S/C27H26F4N4O2/c1-26(2,28)14-11-17-3-4-18(7-10-22(17)27(29,30)31)34-25(36)35-19-5-8-20(9-6-19)37-23-13-16-33-24-21(23)12-15-32-24/h3-9,12-13,15-16H,10-11,14H2,1-2H3,(H,32,33)(H2,34,35,36). The number of nitrogens with zero attached hydrogens (tertiary/aromatic N) is 1. The predicted molar refractivity (Wildman–Crippen MR) is 134 cm³/mol. The van der Waals surface area contributed by atoms with Gasteiger partial charge in [-0.05, 0) is 81.2 Å². The van der Waals surface area contributed by atoms with E-state index in [1.54, 1.807) is 42.7 Å². The molecular formula is C27H26F4N4O2. The van der Waals surface area contributed by atoms with Crippen LogP contribution in [0.3, 0.4) is 0 Å². The van der Waals surface area contributed by atoms with Gasteiger partial charge in [0.2, 0.25) is 0 Å². The summed E-state index contributed by atoms with van der Waals surface area (Å²) in [7, 11) is 0. The summed E-state index contributed by atoms with van der Waals surface area (Å²) in [5, 5.41) is 6.03. The molecule has 0 fully saturated rings. The van der Waals surface area contributed by atoms with Crippen molar-refractivity contribution < 1.29 is 27.1 Å². The van der Waals surface area contributed by atoms with Crippen molar-refractivity contribution in [1.29, 1.82) is 0 Å². The van der Waals surface area contributed by atoms with E-state index in [0.717, 1.165) is 5.39 Å². The van der Waals surface area contributed by atoms with E-state index in [4.69, 9.17) is 4.74 Å². The van der Waals surface area contributed by atoms with Gasteiger partial charge in [-0.1, -0.05) is 12.2 Å². The monoisotopic (exact) mass is 514 g/mol. The Morgan fingerprint density at radius 2 is 1.81 bits per heavy atom. The first-order valence-electron chi connectivity index (χ1n) is 11.6. The molecule has 1 aromatic carbocycles. The van der Waals surface area contributed by atoms with Crippen molar-refractivity contribution in [2.75, 3.05) is 5.32 Å². The van der Waals surface area contributed by atoms with Gasteiger partial charge >= 0.3 is 12.2 Å². The average molecular weight is 515 g/mol. The Morgan fingerprint density at radius 1 is 1.05 bits per heavy atom. The molecule has 1 aliphatic carbocycles. The molecular weight excluding hydrogens is 488 g/mol. The first-order valence-corrected chi connectivity index (χ1v) is 11.6. The number of carbonyl (C=O) groups is 1. The van der Waals surface area contributed by atoms with Crippen LogP contribution in [0.4, 0.5) is 28.0 Å². The number of allylic oxidation sites excluding steroid dienone is 5. The molecule has 0 spiro atoms. The molecule has 3 aromatic rings. The number of hydrogen-bond acceptors (Lipinski definition) is 3. The van der Waals surface area contributed by atoms with Gasteiger partial charge in [0.05, 0.1) is 5.39 Å². The van der Waals surface area contributed by atoms with Crippen molar-refractivity contribution in [2.24, 2.45) is 0 Å². The van der Waals surface area contributed by atoms with E-state index in [1.165, 1.54) is 32.1 Å². The second-order valence-corrected chi connectivity index (χ2v) is 9.17. The Hall–Kier alpha value is -4.08. The first-order chi connectivity index (χ1) is 17.5. The summed E-state index contributed by atoms with van der Waals surface area (Å²) in [6, 6.07) is 9.62. The number of aromatic amines is 1. The minimum Gasteiger partial charge on any atom is -0.457 e. The van der Waals surface area contributed by atoms with E-state index >= 15 is 0 Å². The van der Waals surface area contributed by atoms with Crippen LogP contribution in [0, 0.1) is 0 Å². The van der Waals surface area contributed by atoms with Gasteiger partial charge in [-0.3, -0.25) is 0 Å². The molecule has 37 heavy (non-hydrogen) atoms. The maximum absolute atomic E-state index is 13.9. The lowest BCUT2D eigenvalue weighted by atomic mass is 9.95. The Labute approximate surface area is 211 Å². The summed E-state index contributed by atoms with van der Waals surface area (Å²) in [5.41, 5.74) is -0.956. The summed E-state index contributed by atoms with van der Waals surface area (Å²) >= 11 is 0. The highest BCUT2D eigenvalue weighted by atomic mass is 19.4. The van der Waals surface area contributed by atoms with Crippen LogP contribution in [0.2, 0.25) is 0 Å². The van der Waals surface area contributed by atoms with E-state index < -0.39 is 29.9 Å². The molecule has 4 rings (SSSR count). The second kappa shape index (κ2) is 10.5. The molecule has 1 aliphatic rings. The van der Waals surface area contributed by atoms with E-state index in [2.05, 4.69) is 20.6 Å². The second-order valence-electron chi connectivity index (χ2n) is 9.17. The minimum atomic E-state index is -4.55. The molecule has 0 unspecified atom stereocenters. The number of alkyl halides is 4. The van der Waals surface area contributed by atoms with Gasteiger partial charge < -0.3 is 20.4 Å². The van der Waals surface area contributed by atoms with Crippen LogP contribution in [-0.2, 0) is 0 Å². The lowest BCUT2D eigenvalue weighted by Crippen LogP contribution is -2.27. The molecule has 2 aromatic heterocycles. The molecule has 0 saturated carbocycles. The molecule has 2 amide bonds. The largest absolute Gasteiger partial charge is 0.457 e. The molecule has 2 heterocycles. The Kier molecular flexibility index (Phi) is 7.37. The number of pyridine rings is 1. The average Bonchev–Trinajstić information content (AvgIpc) is 3.20. The molecule has 0 saturated heterocycles. The van der Waals surface area contributed by atoms with Gasteiger partial charge in [0.25, 0.3) is 0 Å². The number of urea groups is 1. The number of halogens is 4. The number of ether oxygens (including phenoxy) is 1. The van der Waals surface area contributed by atoms with Gasteiger partial charge in [0.1, 0.15) is 22.8 Å². The van der Waals surface area contributed by atoms with Crippen molar-refractivity contribution >= 4 is 22.8 Å². The number of anilines is 1. The van der Waals surface area contributed by atoms with Crippen LogP contribution >= 0.6 is 0 Å². The Bertz CT molecular complexity index is 1360. The maximum atomic E-state index is 13.9. The van der Waals surface area contributed by atoms with Crippen LogP contribution in [0.5, 0.6) is 11.5 Å². The fourth-order valence-electron chi connectivity index (χ4n) is 3.81. The molecule has 0 radical (unpaired) electrons. The first kappa shape index (κ1) is 26.0. The lowest BCUT2D eigenvalue weighted by molar-refractivity contribution is -0.0937. The number of rotatable bonds is 7. The van der Waals surface area contributed by atoms with E-state index in [9.17, 15) is 22.4 Å². The summed E-state index contributed by atoms with van der Waals surface area (Å²) in [4.78, 5) is 19.7. The highest BCUT2D eigenvalue weighted by Crippen LogP contribution is 2.36. The number of aromatic nitrogens is 2. The van der Waals surface area contributed by atoms with Crippen LogP contribution in [0.25, 0.3) is 11.0 Å². The molecule has 3 N–H and O–H groups in total. The molecule has 10 heteroatoms. The molecule has 194 valence electrons. The topological polar surface area (TPSA) is 79.0 Å². The number of nitrogens with one attached hydrogen (secondary N) is 3. The Morgan fingerprint density at radius 3 is 2.51 bits per heavy atom. The molecule has 0 bridgehead atoms. The zero-order chi connectivity index (χ0) is 26.6. The number of H-pyrrole nitrogens is 1. The van der Waals surface area contributed by atoms with Crippen molar-refractivity contribution in [3.05, 3.63) is 83.9 Å². The highest BCUT2D eigenvalue weighted by molar-refractivity contribution is 5.90. The highest BCUT2D eigenvalue weighted by Gasteiger charge is 2.35. The van der Waals surface area contributed by atoms with Gasteiger partial charge in [0, 0.05) is 29.4 Å². The lowest BCUT2D eigenvalue weighted by Gasteiger charge is -2.17. The fourth-order valence-corrected chi connectivity index (χ4v) is 3.81. The number of amides is 2. The molecule has 0 atom stereocenters. The van der Waals surface area contributed by atoms with Crippen LogP contribution in [-0.4, -0.2) is 27.8 Å². The van der Waals surface area contributed by atoms with Crippen molar-refractivity contribution in [3.63, 3.8) is 0 Å². The summed E-state index contributed by atoms with van der Waals surface area (Å²) in [6.45, 7) is 2.66. The summed E-state index contributed by atoms with van der Waals surface area (Å²) in [5.74, 6) is 1.17. The van der Waals surface area contributed by atoms with Crippen molar-refractivity contribution in [1.82, 2.24) is 15.3 Å². The number of fused-ring (bicyclic) bond motifs is 1. The van der Waals surface area contributed by atoms with Gasteiger partial charge in [-0.25, -0.2) is 14.2 Å². The van der Waals surface area contributed by atoms with Gasteiger partial charge in [0.15, 0.2) is 0 Å². The number of carbonyl (C=O) groups excluding carboxylic acids is 1. The van der Waals surface area contributed by atoms with Crippen LogP contribution in [0.1, 0.15) is 33.1 Å². The third-order valence-electron chi connectivity index (χ3n) is 5.73. The minimum absolute atomic E-state index is 0.00776. The normalized spacial score (nSPS) is 14.4. The smallest absolute Gasteiger partial charge is 0.413 e. The summed E-state index contributed by atoms with van der Waals surface area (Å²) < 4.78 is 60.5. The molecule has 0 aliphatic heterocycles. The zero-order valence-electron chi connectivity index (χ0n) is 20.2. The Balaban J connectivity index is 1.37. The number of hydrogen-bond donors (Lipinski definition) is 3. The number of benzene rings is 1. The zero-order valence-corrected chi connectivity index (χ0v) is 20.2. The van der Waals surface area contributed by atoms with Gasteiger partial charge in [-0.2, -0.15) is 13.2 Å². The predicted octanol–water partition coefficient (Wildman–Crippen LogP) is 7.71.